The van der Waals surface area contributed by atoms with Crippen molar-refractivity contribution >= 4 is 5.91 Å². The van der Waals surface area contributed by atoms with Gasteiger partial charge in [-0.3, -0.25) is 4.79 Å². The number of hydrogen-bond acceptors (Lipinski definition) is 4. The average Bonchev–Trinajstić information content (AvgIpc) is 3.23. The largest absolute Gasteiger partial charge is 0.390 e. The number of rotatable bonds is 10. The predicted octanol–water partition coefficient (Wildman–Crippen LogP) is 4.00. The first-order chi connectivity index (χ1) is 17.3. The molecule has 4 N–H and O–H groups in total. The van der Waals surface area contributed by atoms with E-state index in [9.17, 15) is 23.8 Å². The monoisotopic (exact) mass is 494 g/mol. The van der Waals surface area contributed by atoms with Gasteiger partial charge in [-0.1, -0.05) is 37.3 Å². The van der Waals surface area contributed by atoms with Gasteiger partial charge in [0.2, 0.25) is 0 Å². The summed E-state index contributed by atoms with van der Waals surface area (Å²) >= 11 is 0. The zero-order chi connectivity index (χ0) is 25.7. The van der Waals surface area contributed by atoms with Crippen LogP contribution in [0.2, 0.25) is 0 Å². The van der Waals surface area contributed by atoms with Crippen LogP contribution in [0.5, 0.6) is 0 Å². The molecule has 0 aliphatic heterocycles. The van der Waals surface area contributed by atoms with E-state index in [0.717, 1.165) is 35.6 Å². The summed E-state index contributed by atoms with van der Waals surface area (Å²) in [7, 11) is 0. The molecule has 0 saturated carbocycles. The van der Waals surface area contributed by atoms with Gasteiger partial charge in [-0.2, -0.15) is 0 Å². The minimum atomic E-state index is -1.02. The van der Waals surface area contributed by atoms with Crippen LogP contribution < -0.4 is 10.6 Å². The fraction of sp³-hybridized carbons (Fsp3) is 0.345. The molecule has 1 amide bonds. The van der Waals surface area contributed by atoms with Crippen LogP contribution in [0.3, 0.4) is 0 Å². The second-order valence-corrected chi connectivity index (χ2v) is 9.40. The Labute approximate surface area is 210 Å². The second kappa shape index (κ2) is 11.7. The smallest absolute Gasteiger partial charge is 0.251 e. The topological polar surface area (TPSA) is 81.6 Å². The highest BCUT2D eigenvalue weighted by Gasteiger charge is 2.25. The normalized spacial score (nSPS) is 16.4. The van der Waals surface area contributed by atoms with Crippen LogP contribution in [0, 0.1) is 11.6 Å². The standard InChI is InChI=1S/C29H32F2N2O3/c1-2-18-4-3-5-19(10-18)16-32-17-28(35)26(13-20-11-23(30)15-24(31)12-20)33-29(36)22-7-6-21-8-9-27(34)25(21)14-22/h3-7,10-12,14-15,26-28,32,34-35H,2,8-9,13,16-17H2,1H3,(H,33,36). The van der Waals surface area contributed by atoms with Gasteiger partial charge in [0.15, 0.2) is 0 Å². The van der Waals surface area contributed by atoms with Crippen LogP contribution in [0.4, 0.5) is 8.78 Å². The third-order valence-corrected chi connectivity index (χ3v) is 6.70. The van der Waals surface area contributed by atoms with Crippen LogP contribution in [0.15, 0.2) is 60.7 Å². The molecule has 0 saturated heterocycles. The quantitative estimate of drug-likeness (QED) is 0.344. The summed E-state index contributed by atoms with van der Waals surface area (Å²) in [6.45, 7) is 2.78. The number of carbonyl (C=O) groups excluding carboxylic acids is 1. The number of carbonyl (C=O) groups is 1. The molecule has 0 fully saturated rings. The first-order valence-corrected chi connectivity index (χ1v) is 12.4. The van der Waals surface area contributed by atoms with Crippen molar-refractivity contribution in [3.05, 3.63) is 106 Å². The van der Waals surface area contributed by atoms with Crippen molar-refractivity contribution in [3.63, 3.8) is 0 Å². The van der Waals surface area contributed by atoms with Crippen LogP contribution in [0.25, 0.3) is 0 Å². The zero-order valence-electron chi connectivity index (χ0n) is 20.3. The van der Waals surface area contributed by atoms with Crippen molar-refractivity contribution in [3.8, 4) is 0 Å². The number of aliphatic hydroxyl groups is 2. The van der Waals surface area contributed by atoms with E-state index in [-0.39, 0.29) is 13.0 Å². The minimum absolute atomic E-state index is 0.0438. The van der Waals surface area contributed by atoms with E-state index in [1.807, 2.05) is 18.2 Å². The maximum absolute atomic E-state index is 13.8. The van der Waals surface area contributed by atoms with Crippen molar-refractivity contribution in [2.24, 2.45) is 0 Å². The summed E-state index contributed by atoms with van der Waals surface area (Å²) in [6, 6.07) is 15.7. The number of hydrogen-bond donors (Lipinski definition) is 4. The van der Waals surface area contributed by atoms with E-state index in [1.54, 1.807) is 12.1 Å². The number of halogens is 2. The van der Waals surface area contributed by atoms with E-state index in [4.69, 9.17) is 0 Å². The fourth-order valence-corrected chi connectivity index (χ4v) is 4.71. The van der Waals surface area contributed by atoms with Gasteiger partial charge in [0.1, 0.15) is 11.6 Å². The van der Waals surface area contributed by atoms with E-state index >= 15 is 0 Å². The van der Waals surface area contributed by atoms with Crippen molar-refractivity contribution in [2.75, 3.05) is 6.54 Å². The summed E-state index contributed by atoms with van der Waals surface area (Å²) in [5.41, 5.74) is 4.74. The lowest BCUT2D eigenvalue weighted by molar-refractivity contribution is 0.0829. The number of benzene rings is 3. The summed E-state index contributed by atoms with van der Waals surface area (Å²) in [5, 5.41) is 27.2. The number of amides is 1. The molecule has 1 aliphatic rings. The molecule has 3 atom stereocenters. The second-order valence-electron chi connectivity index (χ2n) is 9.40. The molecule has 5 nitrogen and oxygen atoms in total. The molecular weight excluding hydrogens is 462 g/mol. The molecule has 36 heavy (non-hydrogen) atoms. The molecule has 3 aromatic carbocycles. The fourth-order valence-electron chi connectivity index (χ4n) is 4.71. The highest BCUT2D eigenvalue weighted by atomic mass is 19.1. The molecule has 0 radical (unpaired) electrons. The Morgan fingerprint density at radius 1 is 1.03 bits per heavy atom. The van der Waals surface area contributed by atoms with Crippen molar-refractivity contribution in [2.45, 2.75) is 57.4 Å². The van der Waals surface area contributed by atoms with Crippen LogP contribution in [-0.4, -0.2) is 34.8 Å². The Balaban J connectivity index is 1.47. The summed E-state index contributed by atoms with van der Waals surface area (Å²) in [4.78, 5) is 13.1. The highest BCUT2D eigenvalue weighted by molar-refractivity contribution is 5.94. The van der Waals surface area contributed by atoms with Gasteiger partial charge >= 0.3 is 0 Å². The first kappa shape index (κ1) is 25.9. The molecule has 0 heterocycles. The Morgan fingerprint density at radius 2 is 1.78 bits per heavy atom. The number of aliphatic hydroxyl groups excluding tert-OH is 2. The van der Waals surface area contributed by atoms with Gasteiger partial charge in [-0.05, 0) is 77.8 Å². The Morgan fingerprint density at radius 3 is 2.53 bits per heavy atom. The summed E-state index contributed by atoms with van der Waals surface area (Å²) < 4.78 is 27.6. The lowest BCUT2D eigenvalue weighted by Gasteiger charge is -2.25. The molecule has 7 heteroatoms. The first-order valence-electron chi connectivity index (χ1n) is 12.4. The molecule has 0 aromatic heterocycles. The lowest BCUT2D eigenvalue weighted by atomic mass is 9.99. The van der Waals surface area contributed by atoms with Crippen molar-refractivity contribution in [1.29, 1.82) is 0 Å². The molecule has 3 unspecified atom stereocenters. The molecule has 0 bridgehead atoms. The Hall–Kier alpha value is -3.13. The van der Waals surface area contributed by atoms with Crippen LogP contribution in [-0.2, 0) is 25.8 Å². The molecular formula is C29H32F2N2O3. The Bertz CT molecular complexity index is 1200. The van der Waals surface area contributed by atoms with Gasteiger partial charge in [-0.25, -0.2) is 8.78 Å². The lowest BCUT2D eigenvalue weighted by Crippen LogP contribution is -2.48. The number of nitrogens with one attached hydrogen (secondary N) is 2. The van der Waals surface area contributed by atoms with E-state index < -0.39 is 35.8 Å². The third-order valence-electron chi connectivity index (χ3n) is 6.70. The van der Waals surface area contributed by atoms with E-state index in [2.05, 4.69) is 29.7 Å². The molecule has 1 aliphatic carbocycles. The van der Waals surface area contributed by atoms with E-state index in [1.165, 1.54) is 17.7 Å². The van der Waals surface area contributed by atoms with Gasteiger partial charge < -0.3 is 20.8 Å². The maximum atomic E-state index is 13.8. The highest BCUT2D eigenvalue weighted by Crippen LogP contribution is 2.31. The molecule has 0 spiro atoms. The maximum Gasteiger partial charge on any atom is 0.251 e. The number of aryl methyl sites for hydroxylation is 2. The van der Waals surface area contributed by atoms with Gasteiger partial charge in [0.25, 0.3) is 5.91 Å². The van der Waals surface area contributed by atoms with Gasteiger partial charge in [-0.15, -0.1) is 0 Å². The van der Waals surface area contributed by atoms with Crippen molar-refractivity contribution < 1.29 is 23.8 Å². The zero-order valence-corrected chi connectivity index (χ0v) is 20.3. The summed E-state index contributed by atoms with van der Waals surface area (Å²) in [5.74, 6) is -1.86. The van der Waals surface area contributed by atoms with Crippen LogP contribution in [0.1, 0.15) is 57.6 Å². The number of fused-ring (bicyclic) bond motifs is 1. The molecule has 3 aromatic rings. The molecule has 4 rings (SSSR count). The minimum Gasteiger partial charge on any atom is -0.390 e. The van der Waals surface area contributed by atoms with Crippen LogP contribution >= 0.6 is 0 Å². The predicted molar refractivity (Wildman–Crippen MR) is 135 cm³/mol. The Kier molecular flexibility index (Phi) is 8.46. The van der Waals surface area contributed by atoms with Crippen molar-refractivity contribution in [1.82, 2.24) is 10.6 Å². The summed E-state index contributed by atoms with van der Waals surface area (Å²) in [6.07, 6.45) is 0.739. The SMILES string of the molecule is CCc1cccc(CNCC(O)C(Cc2cc(F)cc(F)c2)NC(=O)c2ccc3c(c2)C(O)CC3)c1. The van der Waals surface area contributed by atoms with E-state index in [0.29, 0.717) is 24.1 Å². The average molecular weight is 495 g/mol. The third kappa shape index (κ3) is 6.55. The van der Waals surface area contributed by atoms with Gasteiger partial charge in [0, 0.05) is 24.7 Å². The van der Waals surface area contributed by atoms with Gasteiger partial charge in [0.05, 0.1) is 18.2 Å². The molecule has 190 valence electrons.